The molecule has 0 spiro atoms. The van der Waals surface area contributed by atoms with Gasteiger partial charge in [-0.3, -0.25) is 13.9 Å². The smallest absolute Gasteiger partial charge is 0.244 e. The van der Waals surface area contributed by atoms with Crippen LogP contribution in [-0.4, -0.2) is 50.5 Å². The molecule has 3 rings (SSSR count). The molecular weight excluding hydrogens is 510 g/mol. The monoisotopic (exact) mass is 549 g/mol. The van der Waals surface area contributed by atoms with Crippen molar-refractivity contribution in [2.24, 2.45) is 0 Å². The average molecular weight is 550 g/mol. The number of para-hydroxylation sites is 1. The van der Waals surface area contributed by atoms with Gasteiger partial charge in [0.15, 0.2) is 0 Å². The van der Waals surface area contributed by atoms with Crippen LogP contribution in [0.1, 0.15) is 42.5 Å². The number of sulfonamides is 1. The van der Waals surface area contributed by atoms with Crippen LogP contribution in [0.2, 0.25) is 0 Å². The van der Waals surface area contributed by atoms with Crippen molar-refractivity contribution in [1.29, 1.82) is 0 Å². The van der Waals surface area contributed by atoms with Crippen molar-refractivity contribution in [2.45, 2.75) is 52.6 Å². The summed E-state index contributed by atoms with van der Waals surface area (Å²) in [7, 11) is -3.79. The first-order valence-electron chi connectivity index (χ1n) is 13.4. The van der Waals surface area contributed by atoms with Crippen molar-refractivity contribution in [3.05, 3.63) is 101 Å². The second-order valence-electron chi connectivity index (χ2n) is 9.76. The molecule has 0 aromatic heterocycles. The minimum atomic E-state index is -3.79. The molecule has 0 fully saturated rings. The summed E-state index contributed by atoms with van der Waals surface area (Å²) < 4.78 is 27.1. The minimum Gasteiger partial charge on any atom is -0.354 e. The molecule has 7 nitrogen and oxygen atoms in total. The SMILES string of the molecule is CCCNC(=O)C(Cc1ccccc1)N(Cc1cccc(C)c1)C(=O)CN(c1ccccc1CC)S(C)(=O)=O. The Morgan fingerprint density at radius 1 is 0.897 bits per heavy atom. The number of hydrogen-bond acceptors (Lipinski definition) is 4. The van der Waals surface area contributed by atoms with E-state index in [1.165, 1.54) is 4.90 Å². The highest BCUT2D eigenvalue weighted by atomic mass is 32.2. The van der Waals surface area contributed by atoms with E-state index in [9.17, 15) is 18.0 Å². The molecule has 3 aromatic rings. The van der Waals surface area contributed by atoms with Crippen LogP contribution in [0.3, 0.4) is 0 Å². The van der Waals surface area contributed by atoms with Crippen LogP contribution in [0.4, 0.5) is 5.69 Å². The summed E-state index contributed by atoms with van der Waals surface area (Å²) in [5.41, 5.74) is 4.10. The van der Waals surface area contributed by atoms with Crippen LogP contribution >= 0.6 is 0 Å². The minimum absolute atomic E-state index is 0.171. The van der Waals surface area contributed by atoms with Gasteiger partial charge in [-0.2, -0.15) is 0 Å². The summed E-state index contributed by atoms with van der Waals surface area (Å²) in [6, 6.07) is 23.7. The molecule has 1 N–H and O–H groups in total. The molecule has 0 radical (unpaired) electrons. The van der Waals surface area contributed by atoms with Crippen LogP contribution in [0.25, 0.3) is 0 Å². The van der Waals surface area contributed by atoms with E-state index in [2.05, 4.69) is 5.32 Å². The Morgan fingerprint density at radius 3 is 2.21 bits per heavy atom. The average Bonchev–Trinajstić information content (AvgIpc) is 2.92. The fourth-order valence-electron chi connectivity index (χ4n) is 4.58. The van der Waals surface area contributed by atoms with Crippen molar-refractivity contribution in [3.8, 4) is 0 Å². The van der Waals surface area contributed by atoms with Gasteiger partial charge in [-0.15, -0.1) is 0 Å². The summed E-state index contributed by atoms with van der Waals surface area (Å²) in [5, 5.41) is 2.95. The van der Waals surface area contributed by atoms with Crippen LogP contribution in [0.15, 0.2) is 78.9 Å². The fraction of sp³-hybridized carbons (Fsp3) is 0.355. The molecule has 208 valence electrons. The van der Waals surface area contributed by atoms with E-state index < -0.39 is 28.5 Å². The molecule has 0 saturated heterocycles. The lowest BCUT2D eigenvalue weighted by Gasteiger charge is -2.34. The summed E-state index contributed by atoms with van der Waals surface area (Å²) in [5.74, 6) is -0.706. The molecule has 0 aliphatic rings. The number of benzene rings is 3. The number of rotatable bonds is 13. The number of anilines is 1. The Kier molecular flexibility index (Phi) is 10.7. The van der Waals surface area contributed by atoms with Crippen LogP contribution in [0, 0.1) is 6.92 Å². The Bertz CT molecular complexity index is 1360. The highest BCUT2D eigenvalue weighted by Gasteiger charge is 2.33. The van der Waals surface area contributed by atoms with E-state index >= 15 is 0 Å². The second-order valence-corrected chi connectivity index (χ2v) is 11.7. The number of amides is 2. The molecule has 0 saturated carbocycles. The van der Waals surface area contributed by atoms with Gasteiger partial charge in [-0.25, -0.2) is 8.42 Å². The van der Waals surface area contributed by atoms with Crippen LogP contribution in [-0.2, 0) is 39.0 Å². The van der Waals surface area contributed by atoms with Crippen molar-refractivity contribution in [2.75, 3.05) is 23.7 Å². The molecule has 0 heterocycles. The zero-order valence-corrected chi connectivity index (χ0v) is 24.1. The first kappa shape index (κ1) is 29.9. The topological polar surface area (TPSA) is 86.8 Å². The van der Waals surface area contributed by atoms with Gasteiger partial charge in [0.1, 0.15) is 12.6 Å². The maximum Gasteiger partial charge on any atom is 0.244 e. The van der Waals surface area contributed by atoms with Crippen LogP contribution < -0.4 is 9.62 Å². The second kappa shape index (κ2) is 13.9. The third-order valence-electron chi connectivity index (χ3n) is 6.58. The number of hydrogen-bond donors (Lipinski definition) is 1. The van der Waals surface area contributed by atoms with Crippen molar-refractivity contribution < 1.29 is 18.0 Å². The molecule has 8 heteroatoms. The first-order chi connectivity index (χ1) is 18.6. The maximum atomic E-state index is 14.1. The number of nitrogens with zero attached hydrogens (tertiary/aromatic N) is 2. The van der Waals surface area contributed by atoms with Gasteiger partial charge in [-0.1, -0.05) is 92.2 Å². The summed E-state index contributed by atoms with van der Waals surface area (Å²) in [6.45, 7) is 6.13. The molecule has 2 amide bonds. The number of aryl methyl sites for hydroxylation is 2. The Labute approximate surface area is 232 Å². The molecule has 0 aliphatic heterocycles. The van der Waals surface area contributed by atoms with E-state index in [0.29, 0.717) is 25.1 Å². The normalized spacial score (nSPS) is 12.0. The third kappa shape index (κ3) is 8.42. The predicted octanol–water partition coefficient (Wildman–Crippen LogP) is 4.49. The van der Waals surface area contributed by atoms with Gasteiger partial charge in [-0.05, 0) is 42.5 Å². The van der Waals surface area contributed by atoms with Gasteiger partial charge in [0.05, 0.1) is 11.9 Å². The van der Waals surface area contributed by atoms with Crippen molar-refractivity contribution in [1.82, 2.24) is 10.2 Å². The standard InChI is InChI=1S/C31H39N3O4S/c1-5-19-32-31(36)29(21-25-14-8-7-9-15-25)33(22-26-16-12-13-24(3)20-26)30(35)23-34(39(4,37)38)28-18-11-10-17-27(28)6-2/h7-18,20,29H,5-6,19,21-23H2,1-4H3,(H,32,36). The molecule has 0 bridgehead atoms. The quantitative estimate of drug-likeness (QED) is 0.340. The van der Waals surface area contributed by atoms with E-state index in [0.717, 1.165) is 39.2 Å². The van der Waals surface area contributed by atoms with E-state index in [4.69, 9.17) is 0 Å². The lowest BCUT2D eigenvalue weighted by molar-refractivity contribution is -0.140. The lowest BCUT2D eigenvalue weighted by Crippen LogP contribution is -2.53. The highest BCUT2D eigenvalue weighted by Crippen LogP contribution is 2.24. The van der Waals surface area contributed by atoms with Gasteiger partial charge in [0.2, 0.25) is 21.8 Å². The van der Waals surface area contributed by atoms with Gasteiger partial charge < -0.3 is 10.2 Å². The molecular formula is C31H39N3O4S. The summed E-state index contributed by atoms with van der Waals surface area (Å²) in [6.07, 6.45) is 2.77. The van der Waals surface area contributed by atoms with Crippen molar-refractivity contribution >= 4 is 27.5 Å². The Hall–Kier alpha value is -3.65. The largest absolute Gasteiger partial charge is 0.354 e. The summed E-state index contributed by atoms with van der Waals surface area (Å²) in [4.78, 5) is 29.2. The van der Waals surface area contributed by atoms with Crippen molar-refractivity contribution in [3.63, 3.8) is 0 Å². The predicted molar refractivity (Wildman–Crippen MR) is 157 cm³/mol. The van der Waals surface area contributed by atoms with E-state index in [1.54, 1.807) is 12.1 Å². The maximum absolute atomic E-state index is 14.1. The van der Waals surface area contributed by atoms with Gasteiger partial charge in [0, 0.05) is 19.5 Å². The van der Waals surface area contributed by atoms with Crippen LogP contribution in [0.5, 0.6) is 0 Å². The fourth-order valence-corrected chi connectivity index (χ4v) is 5.46. The molecule has 3 aromatic carbocycles. The first-order valence-corrected chi connectivity index (χ1v) is 15.2. The zero-order chi connectivity index (χ0) is 28.4. The molecule has 1 unspecified atom stereocenters. The Morgan fingerprint density at radius 2 is 1.56 bits per heavy atom. The van der Waals surface area contributed by atoms with Gasteiger partial charge >= 0.3 is 0 Å². The number of nitrogens with one attached hydrogen (secondary N) is 1. The third-order valence-corrected chi connectivity index (χ3v) is 7.70. The number of carbonyl (C=O) groups excluding carboxylic acids is 2. The zero-order valence-electron chi connectivity index (χ0n) is 23.3. The molecule has 0 aliphatic carbocycles. The van der Waals surface area contributed by atoms with Gasteiger partial charge in [0.25, 0.3) is 0 Å². The van der Waals surface area contributed by atoms with E-state index in [-0.39, 0.29) is 12.5 Å². The number of carbonyl (C=O) groups is 2. The lowest BCUT2D eigenvalue weighted by atomic mass is 10.0. The van der Waals surface area contributed by atoms with E-state index in [1.807, 2.05) is 87.5 Å². The summed E-state index contributed by atoms with van der Waals surface area (Å²) >= 11 is 0. The molecule has 1 atom stereocenters. The Balaban J connectivity index is 2.06. The molecule has 39 heavy (non-hydrogen) atoms. The highest BCUT2D eigenvalue weighted by molar-refractivity contribution is 7.92.